The number of aryl methyl sites for hydroxylation is 1. The van der Waals surface area contributed by atoms with Crippen molar-refractivity contribution >= 4 is 27.6 Å². The standard InChI is InChI=1S/C79H58/c1-47-61-13-6-8-15-68(61)76(69-16-9-7-14-62(47)69)55-27-23-51(24-28-55)58-34-39-65-67-41-36-60(46-74(67)79(4,5)72(65)44-58)59-35-40-66-64-38-33-57(43-71(64)78(2,3)73(66)45-59)50-19-17-48(18-20-50)49-21-25-52(26-22-49)63-37-31-56-30-29-53-11-10-12-54-32-42-70(63)77(56)75(53)54/h6-41,43-46,75H,42H2,1-5H3. The zero-order valence-corrected chi connectivity index (χ0v) is 45.4. The summed E-state index contributed by atoms with van der Waals surface area (Å²) in [6, 6.07) is 78.7. The lowest BCUT2D eigenvalue weighted by molar-refractivity contribution is 0.660. The maximum Gasteiger partial charge on any atom is 0.0345 e. The van der Waals surface area contributed by atoms with Crippen molar-refractivity contribution in [2.45, 2.75) is 57.8 Å². The summed E-state index contributed by atoms with van der Waals surface area (Å²) >= 11 is 0. The lowest BCUT2D eigenvalue weighted by atomic mass is 9.70. The van der Waals surface area contributed by atoms with Crippen LogP contribution >= 0.6 is 0 Å². The van der Waals surface area contributed by atoms with Crippen molar-refractivity contribution in [1.82, 2.24) is 0 Å². The Hall–Kier alpha value is -9.10. The third-order valence-corrected chi connectivity index (χ3v) is 19.1. The molecule has 0 fully saturated rings. The van der Waals surface area contributed by atoms with Gasteiger partial charge in [0.15, 0.2) is 0 Å². The molecule has 79 heavy (non-hydrogen) atoms. The topological polar surface area (TPSA) is 0 Å². The second kappa shape index (κ2) is 16.9. The molecular formula is C79H58. The van der Waals surface area contributed by atoms with Gasteiger partial charge in [-0.1, -0.05) is 246 Å². The second-order valence-electron chi connectivity index (χ2n) is 23.9. The lowest BCUT2D eigenvalue weighted by Crippen LogP contribution is -2.18. The smallest absolute Gasteiger partial charge is 0.0345 e. The van der Waals surface area contributed by atoms with Gasteiger partial charge in [-0.15, -0.1) is 0 Å². The molecule has 5 aliphatic rings. The first kappa shape index (κ1) is 46.0. The molecule has 0 nitrogen and oxygen atoms in total. The Bertz CT molecular complexity index is 4520. The molecule has 0 aliphatic heterocycles. The van der Waals surface area contributed by atoms with Gasteiger partial charge < -0.3 is 0 Å². The molecule has 0 spiro atoms. The largest absolute Gasteiger partial charge is 0.0759 e. The van der Waals surface area contributed by atoms with Gasteiger partial charge in [0.05, 0.1) is 0 Å². The summed E-state index contributed by atoms with van der Waals surface area (Å²) in [6.45, 7) is 11.9. The number of allylic oxidation sites excluding steroid dienone is 7. The van der Waals surface area contributed by atoms with Crippen molar-refractivity contribution in [1.29, 1.82) is 0 Å². The number of hydrogen-bond donors (Lipinski definition) is 0. The fraction of sp³-hybridized carbons (Fsp3) is 0.114. The molecule has 0 saturated carbocycles. The monoisotopic (exact) mass is 1010 g/mol. The number of benzene rings is 11. The number of hydrogen-bond acceptors (Lipinski definition) is 0. The third-order valence-electron chi connectivity index (χ3n) is 19.1. The van der Waals surface area contributed by atoms with Crippen molar-refractivity contribution in [3.05, 3.63) is 292 Å². The van der Waals surface area contributed by atoms with Gasteiger partial charge in [0, 0.05) is 16.7 Å². The van der Waals surface area contributed by atoms with Crippen LogP contribution in [0.4, 0.5) is 0 Å². The summed E-state index contributed by atoms with van der Waals surface area (Å²) in [7, 11) is 0. The zero-order valence-electron chi connectivity index (χ0n) is 45.4. The van der Waals surface area contributed by atoms with Crippen LogP contribution in [0.25, 0.3) is 117 Å². The molecule has 1 unspecified atom stereocenters. The highest BCUT2D eigenvalue weighted by Gasteiger charge is 2.38. The molecule has 0 radical (unpaired) electrons. The second-order valence-corrected chi connectivity index (χ2v) is 23.9. The van der Waals surface area contributed by atoms with Gasteiger partial charge in [-0.25, -0.2) is 0 Å². The minimum Gasteiger partial charge on any atom is -0.0759 e. The van der Waals surface area contributed by atoms with Gasteiger partial charge in [0.2, 0.25) is 0 Å². The van der Waals surface area contributed by atoms with E-state index in [1.54, 1.807) is 0 Å². The van der Waals surface area contributed by atoms with Gasteiger partial charge in [0.1, 0.15) is 0 Å². The summed E-state index contributed by atoms with van der Waals surface area (Å²) < 4.78 is 0. The molecule has 1 atom stereocenters. The summed E-state index contributed by atoms with van der Waals surface area (Å²) in [5, 5.41) is 5.25. The van der Waals surface area contributed by atoms with Crippen molar-refractivity contribution < 1.29 is 0 Å². The average molecular weight is 1010 g/mol. The predicted molar refractivity (Wildman–Crippen MR) is 335 cm³/mol. The highest BCUT2D eigenvalue weighted by molar-refractivity contribution is 6.15. The van der Waals surface area contributed by atoms with Crippen molar-refractivity contribution in [2.75, 3.05) is 0 Å². The van der Waals surface area contributed by atoms with Crippen LogP contribution in [0.15, 0.2) is 248 Å². The van der Waals surface area contributed by atoms with Crippen molar-refractivity contribution in [3.63, 3.8) is 0 Å². The van der Waals surface area contributed by atoms with E-state index in [0.717, 1.165) is 6.42 Å². The summed E-state index contributed by atoms with van der Waals surface area (Å²) in [5.74, 6) is 0.364. The molecule has 0 N–H and O–H groups in total. The van der Waals surface area contributed by atoms with Crippen molar-refractivity contribution in [3.8, 4) is 89.0 Å². The molecule has 5 aliphatic carbocycles. The van der Waals surface area contributed by atoms with E-state index in [1.807, 2.05) is 0 Å². The van der Waals surface area contributed by atoms with Crippen LogP contribution in [0.2, 0.25) is 0 Å². The molecule has 0 amide bonds. The van der Waals surface area contributed by atoms with Gasteiger partial charge in [-0.3, -0.25) is 0 Å². The Morgan fingerprint density at radius 2 is 0.747 bits per heavy atom. The van der Waals surface area contributed by atoms with Crippen LogP contribution in [-0.2, 0) is 17.3 Å². The Kier molecular flexibility index (Phi) is 9.88. The summed E-state index contributed by atoms with van der Waals surface area (Å²) in [6.07, 6.45) is 14.8. The van der Waals surface area contributed by atoms with Gasteiger partial charge in [0.25, 0.3) is 0 Å². The van der Waals surface area contributed by atoms with Crippen molar-refractivity contribution in [2.24, 2.45) is 0 Å². The SMILES string of the molecule is Cc1c2ccccc2c(-c2ccc(-c3ccc4c(c3)C(C)(C)c3cc(-c5ccc6c(c5)C(C)(C)c5cc(-c7ccc(-c8ccc(-c9ccc%10c%11c9CC=C9C=CC=C(C=C%10)C9%11)cc8)cc7)ccc5-6)ccc3-4)cc2)c2ccccc12. The van der Waals surface area contributed by atoms with E-state index in [-0.39, 0.29) is 10.8 Å². The fourth-order valence-electron chi connectivity index (χ4n) is 14.8. The summed E-state index contributed by atoms with van der Waals surface area (Å²) in [4.78, 5) is 0. The van der Waals surface area contributed by atoms with Gasteiger partial charge in [-0.05, 0) is 204 Å². The Balaban J connectivity index is 0.645. The Morgan fingerprint density at radius 3 is 1.23 bits per heavy atom. The van der Waals surface area contributed by atoms with E-state index in [0.29, 0.717) is 5.92 Å². The molecule has 0 heterocycles. The van der Waals surface area contributed by atoms with Crippen LogP contribution in [0.5, 0.6) is 0 Å². The molecule has 0 bridgehead atoms. The Labute approximate surface area is 464 Å². The minimum absolute atomic E-state index is 0.154. The Morgan fingerprint density at radius 1 is 0.354 bits per heavy atom. The van der Waals surface area contributed by atoms with Crippen LogP contribution in [0, 0.1) is 6.92 Å². The molecule has 0 aromatic heterocycles. The van der Waals surface area contributed by atoms with Crippen LogP contribution in [0.3, 0.4) is 0 Å². The summed E-state index contributed by atoms with van der Waals surface area (Å²) in [5.41, 5.74) is 34.3. The molecular weight excluding hydrogens is 949 g/mol. The van der Waals surface area contributed by atoms with E-state index >= 15 is 0 Å². The average Bonchev–Trinajstić information content (AvgIpc) is 4.09. The minimum atomic E-state index is -0.156. The van der Waals surface area contributed by atoms with Gasteiger partial charge >= 0.3 is 0 Å². The van der Waals surface area contributed by atoms with E-state index < -0.39 is 0 Å². The molecule has 11 aromatic carbocycles. The zero-order chi connectivity index (χ0) is 52.9. The van der Waals surface area contributed by atoms with Crippen LogP contribution in [0.1, 0.15) is 78.1 Å². The van der Waals surface area contributed by atoms with E-state index in [1.165, 1.54) is 166 Å². The predicted octanol–water partition coefficient (Wildman–Crippen LogP) is 21.0. The lowest BCUT2D eigenvalue weighted by Gasteiger charge is -2.34. The molecule has 16 rings (SSSR count). The van der Waals surface area contributed by atoms with E-state index in [9.17, 15) is 0 Å². The quantitative estimate of drug-likeness (QED) is 0.146. The van der Waals surface area contributed by atoms with Crippen LogP contribution < -0.4 is 0 Å². The molecule has 374 valence electrons. The third kappa shape index (κ3) is 6.87. The van der Waals surface area contributed by atoms with E-state index in [4.69, 9.17) is 0 Å². The first-order chi connectivity index (χ1) is 38.6. The van der Waals surface area contributed by atoms with Gasteiger partial charge in [-0.2, -0.15) is 0 Å². The van der Waals surface area contributed by atoms with E-state index in [2.05, 4.69) is 277 Å². The number of rotatable bonds is 6. The highest BCUT2D eigenvalue weighted by Crippen LogP contribution is 2.54. The normalized spacial score (nSPS) is 16.2. The first-order valence-electron chi connectivity index (χ1n) is 28.3. The molecule has 0 saturated heterocycles. The maximum atomic E-state index is 2.48. The molecule has 11 aromatic rings. The maximum absolute atomic E-state index is 2.48. The highest BCUT2D eigenvalue weighted by atomic mass is 14.4. The van der Waals surface area contributed by atoms with Crippen LogP contribution in [-0.4, -0.2) is 0 Å². The first-order valence-corrected chi connectivity index (χ1v) is 28.3. The molecule has 0 heteroatoms. The number of fused-ring (bicyclic) bond motifs is 8. The fourth-order valence-corrected chi connectivity index (χ4v) is 14.8.